The van der Waals surface area contributed by atoms with E-state index in [-0.39, 0.29) is 6.61 Å². The number of fused-ring (bicyclic) bond motifs is 3. The molecule has 0 aliphatic rings. The van der Waals surface area contributed by atoms with Gasteiger partial charge in [0, 0.05) is 33.4 Å². The van der Waals surface area contributed by atoms with E-state index in [1.165, 1.54) is 10.8 Å². The van der Waals surface area contributed by atoms with Crippen LogP contribution in [0.1, 0.15) is 0 Å². The van der Waals surface area contributed by atoms with Crippen LogP contribution in [-0.2, 0) is 11.3 Å². The van der Waals surface area contributed by atoms with Crippen LogP contribution in [0.25, 0.3) is 21.8 Å². The summed E-state index contributed by atoms with van der Waals surface area (Å²) >= 11 is 5.18. The number of rotatable bonds is 3. The van der Waals surface area contributed by atoms with Gasteiger partial charge in [0.2, 0.25) is 0 Å². The third kappa shape index (κ3) is 2.17. The summed E-state index contributed by atoms with van der Waals surface area (Å²) in [5.74, 6) is 0. The number of hydrogen-bond acceptors (Lipinski definition) is 2. The van der Waals surface area contributed by atoms with Crippen molar-refractivity contribution < 1.29 is 9.53 Å². The zero-order valence-corrected chi connectivity index (χ0v) is 10.9. The van der Waals surface area contributed by atoms with E-state index >= 15 is 0 Å². The molecule has 0 unspecified atom stereocenters. The molecule has 2 aromatic carbocycles. The van der Waals surface area contributed by atoms with E-state index in [4.69, 9.17) is 16.3 Å². The molecular weight excluding hydrogens is 262 g/mol. The van der Waals surface area contributed by atoms with Crippen LogP contribution >= 0.6 is 11.6 Å². The van der Waals surface area contributed by atoms with Crippen molar-refractivity contribution in [1.82, 2.24) is 4.57 Å². The molecule has 0 saturated heterocycles. The topological polar surface area (TPSA) is 31.2 Å². The van der Waals surface area contributed by atoms with Crippen molar-refractivity contribution in [3.05, 3.63) is 48.5 Å². The van der Waals surface area contributed by atoms with Crippen molar-refractivity contribution in [2.24, 2.45) is 0 Å². The fraction of sp³-hybridized carbons (Fsp3) is 0.133. The predicted octanol–water partition coefficient (Wildman–Crippen LogP) is 4.17. The molecule has 0 saturated carbocycles. The lowest BCUT2D eigenvalue weighted by Crippen LogP contribution is -2.06. The molecule has 0 N–H and O–H groups in total. The van der Waals surface area contributed by atoms with Gasteiger partial charge in [-0.1, -0.05) is 36.4 Å². The molecule has 3 rings (SSSR count). The smallest absolute Gasteiger partial charge is 0.403 e. The highest BCUT2D eigenvalue weighted by molar-refractivity contribution is 6.61. The summed E-state index contributed by atoms with van der Waals surface area (Å²) in [4.78, 5) is 10.6. The molecule has 96 valence electrons. The number of para-hydroxylation sites is 2. The van der Waals surface area contributed by atoms with Crippen molar-refractivity contribution in [2.75, 3.05) is 6.61 Å². The molecule has 4 heteroatoms. The van der Waals surface area contributed by atoms with Crippen LogP contribution in [0.3, 0.4) is 0 Å². The summed E-state index contributed by atoms with van der Waals surface area (Å²) in [6.45, 7) is 0.859. The lowest BCUT2D eigenvalue weighted by atomic mass is 10.2. The zero-order valence-electron chi connectivity index (χ0n) is 10.2. The van der Waals surface area contributed by atoms with Crippen LogP contribution < -0.4 is 0 Å². The number of halogens is 1. The molecule has 1 aromatic heterocycles. The maximum Gasteiger partial charge on any atom is 0.403 e. The number of hydrogen-bond donors (Lipinski definition) is 0. The van der Waals surface area contributed by atoms with Gasteiger partial charge >= 0.3 is 5.43 Å². The van der Waals surface area contributed by atoms with Crippen molar-refractivity contribution >= 4 is 38.8 Å². The van der Waals surface area contributed by atoms with Crippen LogP contribution in [0, 0.1) is 0 Å². The van der Waals surface area contributed by atoms with Gasteiger partial charge in [0.15, 0.2) is 0 Å². The molecule has 3 nitrogen and oxygen atoms in total. The fourth-order valence-corrected chi connectivity index (χ4v) is 2.54. The minimum absolute atomic E-state index is 0.269. The number of benzene rings is 2. The summed E-state index contributed by atoms with van der Waals surface area (Å²) in [5, 5.41) is 2.41. The van der Waals surface area contributed by atoms with Crippen molar-refractivity contribution in [3.63, 3.8) is 0 Å². The monoisotopic (exact) mass is 273 g/mol. The van der Waals surface area contributed by atoms with E-state index in [0.717, 1.165) is 11.0 Å². The quantitative estimate of drug-likeness (QED) is 0.671. The van der Waals surface area contributed by atoms with Crippen LogP contribution in [0.15, 0.2) is 48.5 Å². The molecule has 3 aromatic rings. The second-order valence-electron chi connectivity index (χ2n) is 4.27. The lowest BCUT2D eigenvalue weighted by molar-refractivity contribution is 0.169. The van der Waals surface area contributed by atoms with Gasteiger partial charge in [-0.25, -0.2) is 4.79 Å². The fourth-order valence-electron chi connectivity index (χ4n) is 2.46. The Bertz CT molecular complexity index is 695. The second-order valence-corrected chi connectivity index (χ2v) is 4.58. The van der Waals surface area contributed by atoms with E-state index < -0.39 is 5.43 Å². The predicted molar refractivity (Wildman–Crippen MR) is 76.6 cm³/mol. The summed E-state index contributed by atoms with van der Waals surface area (Å²) in [6.07, 6.45) is 0. The van der Waals surface area contributed by atoms with Gasteiger partial charge < -0.3 is 9.30 Å². The van der Waals surface area contributed by atoms with E-state index in [2.05, 4.69) is 28.8 Å². The van der Waals surface area contributed by atoms with Gasteiger partial charge in [0.1, 0.15) is 6.61 Å². The van der Waals surface area contributed by atoms with Crippen molar-refractivity contribution in [1.29, 1.82) is 0 Å². The van der Waals surface area contributed by atoms with Gasteiger partial charge in [0.25, 0.3) is 0 Å². The maximum atomic E-state index is 10.6. The summed E-state index contributed by atoms with van der Waals surface area (Å²) in [6, 6.07) is 16.4. The summed E-state index contributed by atoms with van der Waals surface area (Å²) < 4.78 is 6.96. The van der Waals surface area contributed by atoms with E-state index in [1.807, 2.05) is 24.3 Å². The average molecular weight is 274 g/mol. The highest BCUT2D eigenvalue weighted by Crippen LogP contribution is 2.28. The molecule has 0 aliphatic carbocycles. The molecule has 0 fully saturated rings. The Morgan fingerprint density at radius 2 is 1.53 bits per heavy atom. The number of ether oxygens (including phenoxy) is 1. The van der Waals surface area contributed by atoms with Gasteiger partial charge in [-0.15, -0.1) is 0 Å². The molecule has 1 heterocycles. The lowest BCUT2D eigenvalue weighted by Gasteiger charge is -2.06. The minimum Gasteiger partial charge on any atom is -0.452 e. The Kier molecular flexibility index (Phi) is 3.13. The first-order chi connectivity index (χ1) is 9.27. The van der Waals surface area contributed by atoms with Crippen LogP contribution in [0.2, 0.25) is 0 Å². The van der Waals surface area contributed by atoms with Crippen LogP contribution in [-0.4, -0.2) is 16.6 Å². The third-order valence-corrected chi connectivity index (χ3v) is 3.32. The average Bonchev–Trinajstić information content (AvgIpc) is 2.74. The van der Waals surface area contributed by atoms with Crippen LogP contribution in [0.5, 0.6) is 0 Å². The first-order valence-electron chi connectivity index (χ1n) is 6.05. The summed E-state index contributed by atoms with van der Waals surface area (Å²) in [5.41, 5.74) is 1.50. The van der Waals surface area contributed by atoms with Gasteiger partial charge in [0.05, 0.1) is 6.54 Å². The van der Waals surface area contributed by atoms with Gasteiger partial charge in [-0.2, -0.15) is 0 Å². The molecule has 19 heavy (non-hydrogen) atoms. The van der Waals surface area contributed by atoms with Crippen molar-refractivity contribution in [3.8, 4) is 0 Å². The summed E-state index contributed by atoms with van der Waals surface area (Å²) in [7, 11) is 0. The van der Waals surface area contributed by atoms with Gasteiger partial charge in [-0.05, 0) is 12.1 Å². The van der Waals surface area contributed by atoms with E-state index in [1.54, 1.807) is 0 Å². The molecule has 0 radical (unpaired) electrons. The van der Waals surface area contributed by atoms with Crippen molar-refractivity contribution in [2.45, 2.75) is 6.54 Å². The Morgan fingerprint density at radius 1 is 1.00 bits per heavy atom. The number of aromatic nitrogens is 1. The molecule has 0 spiro atoms. The van der Waals surface area contributed by atoms with Gasteiger partial charge in [-0.3, -0.25) is 0 Å². The largest absolute Gasteiger partial charge is 0.452 e. The second kappa shape index (κ2) is 4.94. The Morgan fingerprint density at radius 3 is 2.05 bits per heavy atom. The Hall–Kier alpha value is -2.00. The van der Waals surface area contributed by atoms with E-state index in [0.29, 0.717) is 6.54 Å². The standard InChI is InChI=1S/C15H12ClNO2/c16-15(18)19-10-9-17-13-7-3-1-5-11(13)12-6-2-4-8-14(12)17/h1-8H,9-10H2. The number of carbonyl (C=O) groups excluding carboxylic acids is 1. The minimum atomic E-state index is -0.763. The maximum absolute atomic E-state index is 10.6. The first-order valence-corrected chi connectivity index (χ1v) is 6.43. The van der Waals surface area contributed by atoms with E-state index in [9.17, 15) is 4.79 Å². The number of nitrogens with zero attached hydrogens (tertiary/aromatic N) is 1. The van der Waals surface area contributed by atoms with Crippen LogP contribution in [0.4, 0.5) is 4.79 Å². The first kappa shape index (κ1) is 12.1. The molecule has 0 atom stereocenters. The Labute approximate surface area is 115 Å². The molecule has 0 aliphatic heterocycles. The molecule has 0 bridgehead atoms. The SMILES string of the molecule is O=C(Cl)OCCn1c2ccccc2c2ccccc21. The normalized spacial score (nSPS) is 11.0. The highest BCUT2D eigenvalue weighted by Gasteiger charge is 2.09. The number of carbonyl (C=O) groups is 1. The Balaban J connectivity index is 2.11. The molecular formula is C15H12ClNO2. The zero-order chi connectivity index (χ0) is 13.2. The third-order valence-electron chi connectivity index (χ3n) is 3.21. The highest BCUT2D eigenvalue weighted by atomic mass is 35.5. The molecule has 0 amide bonds.